The molecule has 1 aliphatic heterocycles. The first-order valence-corrected chi connectivity index (χ1v) is 7.76. The molecule has 2 N–H and O–H groups in total. The molecule has 2 rings (SSSR count). The highest BCUT2D eigenvalue weighted by Gasteiger charge is 2.35. The number of hydrogen-bond acceptors (Lipinski definition) is 3. The third kappa shape index (κ3) is 3.72. The molecule has 1 unspecified atom stereocenters. The summed E-state index contributed by atoms with van der Waals surface area (Å²) in [5, 5.41) is 13.1. The molecule has 0 aromatic carbocycles. The van der Waals surface area contributed by atoms with Crippen LogP contribution in [-0.4, -0.2) is 47.6 Å². The molecule has 2 amide bonds. The van der Waals surface area contributed by atoms with Gasteiger partial charge in [0, 0.05) is 20.1 Å². The van der Waals surface area contributed by atoms with Crippen molar-refractivity contribution in [3.8, 4) is 0 Å². The van der Waals surface area contributed by atoms with Crippen LogP contribution in [0.4, 0.5) is 0 Å². The van der Waals surface area contributed by atoms with Crippen molar-refractivity contribution in [2.75, 3.05) is 20.1 Å². The van der Waals surface area contributed by atoms with Crippen molar-refractivity contribution in [3.05, 3.63) is 0 Å². The molecular formula is C15H26N2O3. The van der Waals surface area contributed by atoms with Crippen molar-refractivity contribution >= 4 is 11.8 Å². The van der Waals surface area contributed by atoms with Crippen LogP contribution in [0.3, 0.4) is 0 Å². The Morgan fingerprint density at radius 2 is 1.95 bits per heavy atom. The van der Waals surface area contributed by atoms with Gasteiger partial charge >= 0.3 is 0 Å². The van der Waals surface area contributed by atoms with Gasteiger partial charge in [0.2, 0.25) is 11.8 Å². The minimum Gasteiger partial charge on any atom is -0.389 e. The second kappa shape index (κ2) is 6.57. The number of hydrogen-bond donors (Lipinski definition) is 2. The van der Waals surface area contributed by atoms with Crippen LogP contribution in [0.5, 0.6) is 0 Å². The van der Waals surface area contributed by atoms with Gasteiger partial charge in [-0.25, -0.2) is 0 Å². The summed E-state index contributed by atoms with van der Waals surface area (Å²) in [4.78, 5) is 25.8. The lowest BCUT2D eigenvalue weighted by Gasteiger charge is -2.36. The number of likely N-dealkylation sites (tertiary alicyclic amines) is 1. The zero-order chi connectivity index (χ0) is 14.6. The Kier molecular flexibility index (Phi) is 5.02. The number of piperidine rings is 1. The van der Waals surface area contributed by atoms with Crippen LogP contribution in [0.2, 0.25) is 0 Å². The molecule has 1 heterocycles. The number of rotatable bonds is 3. The average Bonchev–Trinajstić information content (AvgIpc) is 2.47. The molecule has 1 saturated heterocycles. The Labute approximate surface area is 120 Å². The largest absolute Gasteiger partial charge is 0.389 e. The quantitative estimate of drug-likeness (QED) is 0.813. The lowest BCUT2D eigenvalue weighted by atomic mass is 9.82. The Balaban J connectivity index is 1.89. The minimum absolute atomic E-state index is 0.00278. The summed E-state index contributed by atoms with van der Waals surface area (Å²) >= 11 is 0. The predicted octanol–water partition coefficient (Wildman–Crippen LogP) is 1.06. The summed E-state index contributed by atoms with van der Waals surface area (Å²) in [6.07, 6.45) is 6.54. The van der Waals surface area contributed by atoms with Gasteiger partial charge in [-0.3, -0.25) is 9.59 Å². The van der Waals surface area contributed by atoms with Gasteiger partial charge in [0.05, 0.1) is 17.9 Å². The molecule has 1 saturated carbocycles. The van der Waals surface area contributed by atoms with E-state index in [2.05, 4.69) is 5.32 Å². The zero-order valence-corrected chi connectivity index (χ0v) is 12.4. The van der Waals surface area contributed by atoms with Crippen molar-refractivity contribution in [1.82, 2.24) is 10.2 Å². The molecule has 20 heavy (non-hydrogen) atoms. The number of nitrogens with one attached hydrogen (secondary N) is 1. The normalized spacial score (nSPS) is 26.1. The van der Waals surface area contributed by atoms with Crippen LogP contribution >= 0.6 is 0 Å². The highest BCUT2D eigenvalue weighted by molar-refractivity contribution is 5.81. The van der Waals surface area contributed by atoms with E-state index in [0.717, 1.165) is 44.9 Å². The average molecular weight is 282 g/mol. The first kappa shape index (κ1) is 15.3. The number of amides is 2. The molecule has 5 nitrogen and oxygen atoms in total. The van der Waals surface area contributed by atoms with Crippen LogP contribution in [0.1, 0.15) is 51.4 Å². The molecule has 2 fully saturated rings. The molecule has 2 aliphatic rings. The molecule has 0 aromatic rings. The standard InChI is InChI=1S/C15H26N2O3/c1-16-14(19)12-6-5-9-17(11-12)13(18)10-15(20)7-3-2-4-8-15/h12,20H,2-11H2,1H3,(H,16,19). The summed E-state index contributed by atoms with van der Waals surface area (Å²) in [5.74, 6) is -0.0828. The van der Waals surface area contributed by atoms with Gasteiger partial charge in [0.1, 0.15) is 0 Å². The second-order valence-electron chi connectivity index (χ2n) is 6.25. The summed E-state index contributed by atoms with van der Waals surface area (Å²) in [6, 6.07) is 0. The Bertz CT molecular complexity index is 364. The maximum Gasteiger partial charge on any atom is 0.225 e. The lowest BCUT2D eigenvalue weighted by Crippen LogP contribution is -2.47. The van der Waals surface area contributed by atoms with Crippen molar-refractivity contribution in [2.45, 2.75) is 57.0 Å². The Hall–Kier alpha value is -1.10. The molecule has 0 radical (unpaired) electrons. The Morgan fingerprint density at radius 1 is 1.25 bits per heavy atom. The van der Waals surface area contributed by atoms with Crippen molar-refractivity contribution in [1.29, 1.82) is 0 Å². The fourth-order valence-electron chi connectivity index (χ4n) is 3.40. The summed E-state index contributed by atoms with van der Waals surface area (Å²) in [5.41, 5.74) is -0.810. The zero-order valence-electron chi connectivity index (χ0n) is 12.4. The molecule has 1 aliphatic carbocycles. The maximum absolute atomic E-state index is 12.4. The molecule has 5 heteroatoms. The third-order valence-electron chi connectivity index (χ3n) is 4.66. The molecule has 0 spiro atoms. The lowest BCUT2D eigenvalue weighted by molar-refractivity contribution is -0.141. The van der Waals surface area contributed by atoms with Gasteiger partial charge in [0.25, 0.3) is 0 Å². The second-order valence-corrected chi connectivity index (χ2v) is 6.25. The predicted molar refractivity (Wildman–Crippen MR) is 76.0 cm³/mol. The topological polar surface area (TPSA) is 69.6 Å². The first-order valence-electron chi connectivity index (χ1n) is 7.76. The SMILES string of the molecule is CNC(=O)C1CCCN(C(=O)CC2(O)CCCCC2)C1. The van der Waals surface area contributed by atoms with Crippen LogP contribution < -0.4 is 5.32 Å². The highest BCUT2D eigenvalue weighted by atomic mass is 16.3. The van der Waals surface area contributed by atoms with Crippen LogP contribution in [-0.2, 0) is 9.59 Å². The number of carbonyl (C=O) groups is 2. The van der Waals surface area contributed by atoms with Crippen molar-refractivity contribution < 1.29 is 14.7 Å². The number of aliphatic hydroxyl groups is 1. The molecular weight excluding hydrogens is 256 g/mol. The van der Waals surface area contributed by atoms with E-state index in [0.29, 0.717) is 13.1 Å². The summed E-state index contributed by atoms with van der Waals surface area (Å²) < 4.78 is 0. The summed E-state index contributed by atoms with van der Waals surface area (Å²) in [6.45, 7) is 1.21. The number of nitrogens with zero attached hydrogens (tertiary/aromatic N) is 1. The van der Waals surface area contributed by atoms with Gasteiger partial charge in [0.15, 0.2) is 0 Å². The van der Waals surface area contributed by atoms with Gasteiger partial charge in [-0.15, -0.1) is 0 Å². The van der Waals surface area contributed by atoms with Crippen LogP contribution in [0.25, 0.3) is 0 Å². The third-order valence-corrected chi connectivity index (χ3v) is 4.66. The number of carbonyl (C=O) groups excluding carboxylic acids is 2. The molecule has 0 aromatic heterocycles. The molecule has 0 bridgehead atoms. The van der Waals surface area contributed by atoms with Crippen molar-refractivity contribution in [2.24, 2.45) is 5.92 Å². The van der Waals surface area contributed by atoms with Crippen LogP contribution in [0, 0.1) is 5.92 Å². The van der Waals surface area contributed by atoms with E-state index in [4.69, 9.17) is 0 Å². The van der Waals surface area contributed by atoms with E-state index >= 15 is 0 Å². The van der Waals surface area contributed by atoms with E-state index in [1.807, 2.05) is 0 Å². The van der Waals surface area contributed by atoms with E-state index in [-0.39, 0.29) is 24.2 Å². The smallest absolute Gasteiger partial charge is 0.225 e. The van der Waals surface area contributed by atoms with E-state index in [1.54, 1.807) is 11.9 Å². The molecule has 1 atom stereocenters. The minimum atomic E-state index is -0.810. The highest BCUT2D eigenvalue weighted by Crippen LogP contribution is 2.32. The van der Waals surface area contributed by atoms with E-state index in [9.17, 15) is 14.7 Å². The van der Waals surface area contributed by atoms with Crippen LogP contribution in [0.15, 0.2) is 0 Å². The van der Waals surface area contributed by atoms with E-state index < -0.39 is 5.60 Å². The van der Waals surface area contributed by atoms with Gasteiger partial charge in [-0.2, -0.15) is 0 Å². The maximum atomic E-state index is 12.4. The Morgan fingerprint density at radius 3 is 2.60 bits per heavy atom. The monoisotopic (exact) mass is 282 g/mol. The van der Waals surface area contributed by atoms with Gasteiger partial charge < -0.3 is 15.3 Å². The first-order chi connectivity index (χ1) is 9.54. The fourth-order valence-corrected chi connectivity index (χ4v) is 3.40. The fraction of sp³-hybridized carbons (Fsp3) is 0.867. The van der Waals surface area contributed by atoms with Gasteiger partial charge in [-0.1, -0.05) is 19.3 Å². The summed E-state index contributed by atoms with van der Waals surface area (Å²) in [7, 11) is 1.63. The van der Waals surface area contributed by atoms with Gasteiger partial charge in [-0.05, 0) is 25.7 Å². The molecule has 114 valence electrons. The van der Waals surface area contributed by atoms with Crippen molar-refractivity contribution in [3.63, 3.8) is 0 Å². The van der Waals surface area contributed by atoms with E-state index in [1.165, 1.54) is 0 Å².